The predicted molar refractivity (Wildman–Crippen MR) is 115 cm³/mol. The van der Waals surface area contributed by atoms with Crippen molar-refractivity contribution in [2.75, 3.05) is 25.2 Å². The molecular weight excluding hydrogens is 448 g/mol. The van der Waals surface area contributed by atoms with Gasteiger partial charge in [0.15, 0.2) is 0 Å². The van der Waals surface area contributed by atoms with Crippen molar-refractivity contribution in [2.45, 2.75) is 16.5 Å². The Morgan fingerprint density at radius 3 is 2.63 bits per heavy atom. The SMILES string of the molecule is CN(C)S(=O)(=O)c1ccc(Cl)c(NC(=O)CCSc2nnnn2-c2ccccc2)c1. The minimum atomic E-state index is -3.64. The maximum absolute atomic E-state index is 12.3. The molecule has 0 aliphatic rings. The Bertz CT molecular complexity index is 1140. The summed E-state index contributed by atoms with van der Waals surface area (Å²) < 4.78 is 27.2. The molecule has 0 spiro atoms. The van der Waals surface area contributed by atoms with Crippen LogP contribution in [0.5, 0.6) is 0 Å². The zero-order chi connectivity index (χ0) is 21.7. The molecule has 0 atom stereocenters. The summed E-state index contributed by atoms with van der Waals surface area (Å²) in [7, 11) is -0.769. The van der Waals surface area contributed by atoms with Crippen LogP contribution >= 0.6 is 23.4 Å². The lowest BCUT2D eigenvalue weighted by Gasteiger charge is -2.13. The van der Waals surface area contributed by atoms with E-state index in [0.29, 0.717) is 10.9 Å². The molecule has 158 valence electrons. The Morgan fingerprint density at radius 2 is 1.93 bits per heavy atom. The third-order valence-corrected chi connectivity index (χ3v) is 7.05. The van der Waals surface area contributed by atoms with Gasteiger partial charge in [0.25, 0.3) is 0 Å². The summed E-state index contributed by atoms with van der Waals surface area (Å²) in [6, 6.07) is 13.6. The first kappa shape index (κ1) is 22.2. The number of hydrogen-bond acceptors (Lipinski definition) is 7. The van der Waals surface area contributed by atoms with E-state index in [0.717, 1.165) is 9.99 Å². The van der Waals surface area contributed by atoms with Crippen molar-refractivity contribution in [1.29, 1.82) is 0 Å². The maximum atomic E-state index is 12.3. The van der Waals surface area contributed by atoms with Gasteiger partial charge in [0.05, 0.1) is 21.3 Å². The molecule has 0 saturated carbocycles. The largest absolute Gasteiger partial charge is 0.325 e. The highest BCUT2D eigenvalue weighted by molar-refractivity contribution is 7.99. The van der Waals surface area contributed by atoms with Crippen LogP contribution in [0.1, 0.15) is 6.42 Å². The van der Waals surface area contributed by atoms with Gasteiger partial charge in [-0.3, -0.25) is 4.79 Å². The molecule has 3 aromatic rings. The highest BCUT2D eigenvalue weighted by Gasteiger charge is 2.19. The van der Waals surface area contributed by atoms with Crippen LogP contribution in [-0.4, -0.2) is 58.7 Å². The van der Waals surface area contributed by atoms with E-state index < -0.39 is 10.0 Å². The molecule has 9 nitrogen and oxygen atoms in total. The van der Waals surface area contributed by atoms with E-state index in [1.165, 1.54) is 44.1 Å². The summed E-state index contributed by atoms with van der Waals surface area (Å²) in [5, 5.41) is 15.1. The number of anilines is 1. The lowest BCUT2D eigenvalue weighted by atomic mass is 10.3. The number of amides is 1. The number of rotatable bonds is 8. The number of hydrogen-bond donors (Lipinski definition) is 1. The van der Waals surface area contributed by atoms with Crippen molar-refractivity contribution in [3.8, 4) is 5.69 Å². The molecule has 1 heterocycles. The van der Waals surface area contributed by atoms with Crippen LogP contribution in [0.4, 0.5) is 5.69 Å². The lowest BCUT2D eigenvalue weighted by molar-refractivity contribution is -0.115. The number of sulfonamides is 1. The minimum absolute atomic E-state index is 0.0450. The van der Waals surface area contributed by atoms with Gasteiger partial charge in [-0.15, -0.1) is 5.10 Å². The molecule has 0 fully saturated rings. The number of benzene rings is 2. The van der Waals surface area contributed by atoms with E-state index in [1.807, 2.05) is 30.3 Å². The lowest BCUT2D eigenvalue weighted by Crippen LogP contribution is -2.22. The van der Waals surface area contributed by atoms with Gasteiger partial charge in [-0.1, -0.05) is 41.6 Å². The average Bonchev–Trinajstić information content (AvgIpc) is 3.18. The normalized spacial score (nSPS) is 11.6. The van der Waals surface area contributed by atoms with Gasteiger partial charge in [-0.2, -0.15) is 4.68 Å². The van der Waals surface area contributed by atoms with Crippen LogP contribution in [-0.2, 0) is 14.8 Å². The van der Waals surface area contributed by atoms with Crippen LogP contribution in [0.3, 0.4) is 0 Å². The number of tetrazole rings is 1. The van der Waals surface area contributed by atoms with Crippen molar-refractivity contribution in [3.05, 3.63) is 53.6 Å². The van der Waals surface area contributed by atoms with Crippen molar-refractivity contribution in [3.63, 3.8) is 0 Å². The molecule has 12 heteroatoms. The van der Waals surface area contributed by atoms with Crippen LogP contribution in [0, 0.1) is 0 Å². The second-order valence-corrected chi connectivity index (χ2v) is 9.91. The fourth-order valence-corrected chi connectivity index (χ4v) is 4.34. The van der Waals surface area contributed by atoms with Crippen LogP contribution in [0.2, 0.25) is 5.02 Å². The van der Waals surface area contributed by atoms with Crippen LogP contribution in [0.25, 0.3) is 5.69 Å². The van der Waals surface area contributed by atoms with Crippen molar-refractivity contribution in [1.82, 2.24) is 24.5 Å². The van der Waals surface area contributed by atoms with E-state index >= 15 is 0 Å². The van der Waals surface area contributed by atoms with E-state index in [-0.39, 0.29) is 27.9 Å². The number of nitrogens with zero attached hydrogens (tertiary/aromatic N) is 5. The van der Waals surface area contributed by atoms with Crippen molar-refractivity contribution < 1.29 is 13.2 Å². The highest BCUT2D eigenvalue weighted by Crippen LogP contribution is 2.27. The summed E-state index contributed by atoms with van der Waals surface area (Å²) >= 11 is 7.45. The number of thioether (sulfide) groups is 1. The van der Waals surface area contributed by atoms with E-state index in [9.17, 15) is 13.2 Å². The van der Waals surface area contributed by atoms with Gasteiger partial charge in [0, 0.05) is 26.3 Å². The topological polar surface area (TPSA) is 110 Å². The first-order valence-corrected chi connectivity index (χ1v) is 11.6. The third-order valence-electron chi connectivity index (χ3n) is 3.99. The Hall–Kier alpha value is -2.47. The number of aromatic nitrogens is 4. The van der Waals surface area contributed by atoms with Crippen molar-refractivity contribution >= 4 is 45.0 Å². The smallest absolute Gasteiger partial charge is 0.242 e. The summed E-state index contributed by atoms with van der Waals surface area (Å²) in [5.74, 6) is 0.120. The van der Waals surface area contributed by atoms with Gasteiger partial charge in [0.2, 0.25) is 21.1 Å². The maximum Gasteiger partial charge on any atom is 0.242 e. The first-order chi connectivity index (χ1) is 14.3. The first-order valence-electron chi connectivity index (χ1n) is 8.77. The minimum Gasteiger partial charge on any atom is -0.325 e. The number of para-hydroxylation sites is 1. The summed E-state index contributed by atoms with van der Waals surface area (Å²) in [5.41, 5.74) is 1.06. The number of nitrogens with one attached hydrogen (secondary N) is 1. The predicted octanol–water partition coefficient (Wildman–Crippen LogP) is 2.69. The molecule has 0 saturated heterocycles. The summed E-state index contributed by atoms with van der Waals surface area (Å²) in [6.45, 7) is 0. The van der Waals surface area contributed by atoms with Gasteiger partial charge in [-0.25, -0.2) is 12.7 Å². The molecule has 1 aromatic heterocycles. The summed E-state index contributed by atoms with van der Waals surface area (Å²) in [6.07, 6.45) is 0.160. The van der Waals surface area contributed by atoms with Crippen LogP contribution in [0.15, 0.2) is 58.6 Å². The monoisotopic (exact) mass is 466 g/mol. The highest BCUT2D eigenvalue weighted by atomic mass is 35.5. The summed E-state index contributed by atoms with van der Waals surface area (Å²) in [4.78, 5) is 12.4. The van der Waals surface area contributed by atoms with Crippen LogP contribution < -0.4 is 5.32 Å². The third kappa shape index (κ3) is 5.17. The second-order valence-electron chi connectivity index (χ2n) is 6.28. The standard InChI is InChI=1S/C18H19ClN6O3S2/c1-24(2)30(27,28)14-8-9-15(19)16(12-14)20-17(26)10-11-29-18-21-22-23-25(18)13-6-4-3-5-7-13/h3-9,12H,10-11H2,1-2H3,(H,20,26). The molecule has 0 bridgehead atoms. The molecule has 0 radical (unpaired) electrons. The number of halogens is 1. The quantitative estimate of drug-likeness (QED) is 0.508. The van der Waals surface area contributed by atoms with E-state index in [1.54, 1.807) is 4.68 Å². The number of carbonyl (C=O) groups excluding carboxylic acids is 1. The van der Waals surface area contributed by atoms with Gasteiger partial charge in [0.1, 0.15) is 0 Å². The zero-order valence-electron chi connectivity index (χ0n) is 16.2. The Morgan fingerprint density at radius 1 is 1.20 bits per heavy atom. The fraction of sp³-hybridized carbons (Fsp3) is 0.222. The van der Waals surface area contributed by atoms with Gasteiger partial charge >= 0.3 is 0 Å². The molecule has 0 unspecified atom stereocenters. The second kappa shape index (κ2) is 9.56. The van der Waals surface area contributed by atoms with E-state index in [4.69, 9.17) is 11.6 Å². The number of carbonyl (C=O) groups is 1. The molecule has 2 aromatic carbocycles. The molecular formula is C18H19ClN6O3S2. The Balaban J connectivity index is 1.62. The zero-order valence-corrected chi connectivity index (χ0v) is 18.6. The Kier molecular flexibility index (Phi) is 7.08. The molecule has 0 aliphatic heterocycles. The van der Waals surface area contributed by atoms with E-state index in [2.05, 4.69) is 20.8 Å². The van der Waals surface area contributed by atoms with Crippen molar-refractivity contribution in [2.24, 2.45) is 0 Å². The Labute approximate surface area is 183 Å². The molecule has 3 rings (SSSR count). The fourth-order valence-electron chi connectivity index (χ4n) is 2.42. The van der Waals surface area contributed by atoms with Gasteiger partial charge in [-0.05, 0) is 40.8 Å². The molecule has 0 aliphatic carbocycles. The average molecular weight is 467 g/mol. The molecule has 1 N–H and O–H groups in total. The van der Waals surface area contributed by atoms with Gasteiger partial charge < -0.3 is 5.32 Å². The molecule has 30 heavy (non-hydrogen) atoms. The molecule has 1 amide bonds.